The first kappa shape index (κ1) is 7.10. The summed E-state index contributed by atoms with van der Waals surface area (Å²) in [4.78, 5) is 11.2. The number of hydrogen-bond donors (Lipinski definition) is 1. The molecule has 2 bridgehead atoms. The van der Waals surface area contributed by atoms with Crippen molar-refractivity contribution in [3.8, 4) is 0 Å². The van der Waals surface area contributed by atoms with Crippen LogP contribution in [0, 0.1) is 11.8 Å². The van der Waals surface area contributed by atoms with Crippen LogP contribution in [-0.4, -0.2) is 25.2 Å². The van der Waals surface area contributed by atoms with Crippen LogP contribution in [0.15, 0.2) is 0 Å². The van der Waals surface area contributed by atoms with E-state index in [-0.39, 0.29) is 11.9 Å². The number of carbonyl (C=O) groups is 1. The fourth-order valence-corrected chi connectivity index (χ4v) is 2.07. The lowest BCUT2D eigenvalue weighted by Gasteiger charge is -2.31. The van der Waals surface area contributed by atoms with Crippen LogP contribution >= 0.6 is 0 Å². The summed E-state index contributed by atoms with van der Waals surface area (Å²) in [7, 11) is 0. The summed E-state index contributed by atoms with van der Waals surface area (Å²) in [5.74, 6) is 0.743. The minimum atomic E-state index is -0.00116. The number of esters is 1. The van der Waals surface area contributed by atoms with Crippen molar-refractivity contribution in [2.24, 2.45) is 11.8 Å². The minimum Gasteiger partial charge on any atom is -0.466 e. The number of carbonyl (C=O) groups excluding carboxylic acids is 1. The lowest BCUT2D eigenvalue weighted by molar-refractivity contribution is -0.153. The van der Waals surface area contributed by atoms with Gasteiger partial charge in [0, 0.05) is 6.04 Å². The Labute approximate surface area is 66.1 Å². The molecule has 1 saturated carbocycles. The molecule has 11 heavy (non-hydrogen) atoms. The van der Waals surface area contributed by atoms with E-state index in [0.717, 1.165) is 6.54 Å². The van der Waals surface area contributed by atoms with Crippen LogP contribution in [-0.2, 0) is 9.53 Å². The molecular weight excluding hydrogens is 142 g/mol. The second-order valence-electron chi connectivity index (χ2n) is 3.29. The number of nitrogens with one attached hydrogen (secondary N) is 1. The first-order valence-electron chi connectivity index (χ1n) is 4.23. The number of rotatable bonds is 2. The Morgan fingerprint density at radius 2 is 2.55 bits per heavy atom. The zero-order valence-electron chi connectivity index (χ0n) is 6.67. The maximum absolute atomic E-state index is 11.2. The van der Waals surface area contributed by atoms with E-state index in [1.54, 1.807) is 0 Å². The van der Waals surface area contributed by atoms with Crippen LogP contribution in [0.5, 0.6) is 0 Å². The van der Waals surface area contributed by atoms with E-state index in [1.165, 1.54) is 6.42 Å². The maximum atomic E-state index is 11.2. The fourth-order valence-electron chi connectivity index (χ4n) is 2.07. The van der Waals surface area contributed by atoms with Gasteiger partial charge in [-0.3, -0.25) is 4.79 Å². The predicted molar refractivity (Wildman–Crippen MR) is 40.0 cm³/mol. The van der Waals surface area contributed by atoms with Gasteiger partial charge >= 0.3 is 5.97 Å². The zero-order valence-corrected chi connectivity index (χ0v) is 6.67. The van der Waals surface area contributed by atoms with E-state index >= 15 is 0 Å². The van der Waals surface area contributed by atoms with Gasteiger partial charge in [0.25, 0.3) is 0 Å². The van der Waals surface area contributed by atoms with Crippen LogP contribution in [0.4, 0.5) is 0 Å². The molecule has 0 unspecified atom stereocenters. The molecule has 0 spiro atoms. The Bertz CT molecular complexity index is 167. The van der Waals surface area contributed by atoms with Crippen LogP contribution in [0.2, 0.25) is 0 Å². The van der Waals surface area contributed by atoms with Gasteiger partial charge in [-0.25, -0.2) is 0 Å². The van der Waals surface area contributed by atoms with Crippen molar-refractivity contribution in [3.63, 3.8) is 0 Å². The predicted octanol–water partition coefficient (Wildman–Crippen LogP) is 0.157. The molecule has 2 aliphatic heterocycles. The van der Waals surface area contributed by atoms with Gasteiger partial charge in [-0.1, -0.05) is 0 Å². The third-order valence-corrected chi connectivity index (χ3v) is 2.70. The topological polar surface area (TPSA) is 38.3 Å². The molecule has 0 aromatic heterocycles. The van der Waals surface area contributed by atoms with Gasteiger partial charge in [-0.15, -0.1) is 0 Å². The smallest absolute Gasteiger partial charge is 0.310 e. The van der Waals surface area contributed by atoms with Gasteiger partial charge in [0.2, 0.25) is 0 Å². The molecule has 2 heterocycles. The highest BCUT2D eigenvalue weighted by atomic mass is 16.5. The second kappa shape index (κ2) is 2.48. The molecule has 0 radical (unpaired) electrons. The Morgan fingerprint density at radius 1 is 1.73 bits per heavy atom. The fraction of sp³-hybridized carbons (Fsp3) is 0.875. The van der Waals surface area contributed by atoms with E-state index in [0.29, 0.717) is 18.6 Å². The second-order valence-corrected chi connectivity index (χ2v) is 3.29. The van der Waals surface area contributed by atoms with E-state index in [2.05, 4.69) is 5.32 Å². The molecule has 3 nitrogen and oxygen atoms in total. The monoisotopic (exact) mass is 155 g/mol. The average Bonchev–Trinajstić information content (AvgIpc) is 2.44. The Balaban J connectivity index is 1.92. The van der Waals surface area contributed by atoms with Gasteiger partial charge in [-0.05, 0) is 25.8 Å². The third kappa shape index (κ3) is 0.948. The van der Waals surface area contributed by atoms with Crippen molar-refractivity contribution in [3.05, 3.63) is 0 Å². The number of fused-ring (bicyclic) bond motifs is 1. The molecule has 3 aliphatic rings. The summed E-state index contributed by atoms with van der Waals surface area (Å²) in [6.07, 6.45) is 1.17. The van der Waals surface area contributed by atoms with Crippen LogP contribution < -0.4 is 5.32 Å². The average molecular weight is 155 g/mol. The van der Waals surface area contributed by atoms with E-state index < -0.39 is 0 Å². The summed E-state index contributed by atoms with van der Waals surface area (Å²) < 4.78 is 4.95. The highest BCUT2D eigenvalue weighted by molar-refractivity contribution is 5.75. The molecule has 0 aromatic rings. The van der Waals surface area contributed by atoms with E-state index in [4.69, 9.17) is 4.74 Å². The molecule has 3 fully saturated rings. The quantitative estimate of drug-likeness (QED) is 0.577. The molecule has 3 rings (SSSR count). The van der Waals surface area contributed by atoms with Gasteiger partial charge in [0.1, 0.15) is 0 Å². The summed E-state index contributed by atoms with van der Waals surface area (Å²) >= 11 is 0. The molecule has 3 atom stereocenters. The third-order valence-electron chi connectivity index (χ3n) is 2.70. The largest absolute Gasteiger partial charge is 0.466 e. The Morgan fingerprint density at radius 3 is 3.00 bits per heavy atom. The molecule has 0 amide bonds. The summed E-state index contributed by atoms with van der Waals surface area (Å²) in [6.45, 7) is 3.37. The first-order chi connectivity index (χ1) is 5.33. The summed E-state index contributed by atoms with van der Waals surface area (Å²) in [5, 5.41) is 3.28. The molecular formula is C8H13NO2. The van der Waals surface area contributed by atoms with Gasteiger partial charge < -0.3 is 10.1 Å². The van der Waals surface area contributed by atoms with E-state index in [9.17, 15) is 4.79 Å². The van der Waals surface area contributed by atoms with Crippen LogP contribution in [0.3, 0.4) is 0 Å². The maximum Gasteiger partial charge on any atom is 0.310 e. The van der Waals surface area contributed by atoms with Crippen molar-refractivity contribution in [2.45, 2.75) is 19.4 Å². The van der Waals surface area contributed by atoms with Crippen molar-refractivity contribution in [2.75, 3.05) is 13.2 Å². The van der Waals surface area contributed by atoms with Crippen molar-refractivity contribution < 1.29 is 9.53 Å². The summed E-state index contributed by atoms with van der Waals surface area (Å²) in [5.41, 5.74) is 0. The SMILES string of the molecule is CCOC(=O)[C@@H]1[C@@H]2CN[C@H]1C2. The minimum absolute atomic E-state index is 0.00116. The molecule has 2 saturated heterocycles. The van der Waals surface area contributed by atoms with Gasteiger partial charge in [0.05, 0.1) is 12.5 Å². The molecule has 3 heteroatoms. The highest BCUT2D eigenvalue weighted by Crippen LogP contribution is 2.40. The number of ether oxygens (including phenoxy) is 1. The zero-order chi connectivity index (χ0) is 7.84. The number of hydrogen-bond acceptors (Lipinski definition) is 3. The Hall–Kier alpha value is -0.570. The van der Waals surface area contributed by atoms with Gasteiger partial charge in [0.15, 0.2) is 0 Å². The molecule has 0 aromatic carbocycles. The molecule has 62 valence electrons. The summed E-state index contributed by atoms with van der Waals surface area (Å²) in [6, 6.07) is 0.430. The standard InChI is InChI=1S/C8H13NO2/c1-2-11-8(10)7-5-3-6(7)9-4-5/h5-7,9H,2-4H2,1H3/t5-,6-,7+/m0/s1. The lowest BCUT2D eigenvalue weighted by Crippen LogP contribution is -2.43. The van der Waals surface area contributed by atoms with Crippen molar-refractivity contribution >= 4 is 5.97 Å². The lowest BCUT2D eigenvalue weighted by atomic mass is 9.74. The first-order valence-corrected chi connectivity index (χ1v) is 4.23. The van der Waals surface area contributed by atoms with Gasteiger partial charge in [-0.2, -0.15) is 0 Å². The van der Waals surface area contributed by atoms with Crippen molar-refractivity contribution in [1.29, 1.82) is 0 Å². The van der Waals surface area contributed by atoms with Crippen LogP contribution in [0.25, 0.3) is 0 Å². The van der Waals surface area contributed by atoms with Crippen LogP contribution in [0.1, 0.15) is 13.3 Å². The molecule has 1 aliphatic carbocycles. The highest BCUT2D eigenvalue weighted by Gasteiger charge is 2.51. The Kier molecular flexibility index (Phi) is 1.60. The van der Waals surface area contributed by atoms with E-state index in [1.807, 2.05) is 6.92 Å². The normalized spacial score (nSPS) is 39.9. The molecule has 1 N–H and O–H groups in total. The van der Waals surface area contributed by atoms with Crippen molar-refractivity contribution in [1.82, 2.24) is 5.32 Å².